The predicted octanol–water partition coefficient (Wildman–Crippen LogP) is 18.4. The van der Waals surface area contributed by atoms with Gasteiger partial charge in [0, 0.05) is 31.6 Å². The molecule has 2 aromatic heterocycles. The van der Waals surface area contributed by atoms with Crippen LogP contribution in [0.4, 0.5) is 0 Å². The van der Waals surface area contributed by atoms with E-state index in [-0.39, 0.29) is 25.7 Å². The molecule has 0 amide bonds. The first-order chi connectivity index (χ1) is 36.3. The first kappa shape index (κ1) is 42.9. The van der Waals surface area contributed by atoms with E-state index in [1.165, 1.54) is 6.07 Å². The third kappa shape index (κ3) is 11.3. The number of hydrogen-bond acceptors (Lipinski definition) is 2. The van der Waals surface area contributed by atoms with Gasteiger partial charge in [-0.25, -0.2) is 0 Å². The second-order valence-corrected chi connectivity index (χ2v) is 19.0. The number of fused-ring (bicyclic) bond motifs is 6. The molecule has 0 aliphatic heterocycles. The van der Waals surface area contributed by atoms with Crippen LogP contribution in [-0.4, -0.2) is 15.8 Å². The summed E-state index contributed by atoms with van der Waals surface area (Å²) in [4.78, 5) is 4.98. The number of furan rings is 1. The van der Waals surface area contributed by atoms with Crippen LogP contribution in [0.3, 0.4) is 0 Å². The molecule has 0 unspecified atom stereocenters. The Morgan fingerprint density at radius 2 is 1.56 bits per heavy atom. The van der Waals surface area contributed by atoms with Crippen molar-refractivity contribution < 1.29 is 34.1 Å². The van der Waals surface area contributed by atoms with Crippen molar-refractivity contribution >= 4 is 66.7 Å². The average molecular weight is 1110 g/mol. The van der Waals surface area contributed by atoms with E-state index in [1.807, 2.05) is 182 Å². The molecule has 0 radical (unpaired) electrons. The molecule has 5 heteroatoms. The molecule has 0 atom stereocenters. The van der Waals surface area contributed by atoms with Crippen LogP contribution in [0.15, 0.2) is 175 Å². The van der Waals surface area contributed by atoms with E-state index < -0.39 is 30.4 Å². The van der Waals surface area contributed by atoms with Crippen molar-refractivity contribution in [3.63, 3.8) is 0 Å². The standard InChI is InChI=1S/C33H35N2.C33H29NO.Ir/c1-8-9-10-14-24(6)29-21-26(20-19-25(29)7)33-34-30-17-11-12-18-31(30)35(33)32-27(22(2)3)15-13-16-28(32)23(4)5;1-22(20-26(18-19-34)24-14-12-23(13-15-24)21-33(2,3)4)27-10-7-11-29-30-17-16-25-8-5-6-9-28(25)32(30)35-31(27)29;/h8-19,21-23H,6H2,1-5,7H3;5-9,11-20H,21H2,1-4H3;/q-1;-2;+3/b9-8-,14-10-;22-20+,26-18+;/i7D3,22D,23D;21D2;. The van der Waals surface area contributed by atoms with Gasteiger partial charge in [0.1, 0.15) is 5.58 Å². The van der Waals surface area contributed by atoms with Crippen molar-refractivity contribution in [1.82, 2.24) is 9.55 Å². The first-order valence-electron chi connectivity index (χ1n) is 27.1. The zero-order valence-corrected chi connectivity index (χ0v) is 44.4. The number of aromatic nitrogens is 2. The molecular weight excluding hydrogens is 1040 g/mol. The summed E-state index contributed by atoms with van der Waals surface area (Å²) in [5.74, 6) is -1.39. The Hall–Kier alpha value is -6.91. The summed E-state index contributed by atoms with van der Waals surface area (Å²) in [6.07, 6.45) is 10.6. The van der Waals surface area contributed by atoms with Crippen LogP contribution in [0.2, 0.25) is 0 Å². The fourth-order valence-corrected chi connectivity index (χ4v) is 8.84. The van der Waals surface area contributed by atoms with Gasteiger partial charge < -0.3 is 14.4 Å². The largest absolute Gasteiger partial charge is 3.00 e. The normalized spacial score (nSPS) is 14.6. The van der Waals surface area contributed by atoms with Crippen LogP contribution in [-0.2, 0) is 26.5 Å². The number of imidazole rings is 1. The summed E-state index contributed by atoms with van der Waals surface area (Å²) < 4.78 is 67.9. The number of rotatable bonds is 12. The first-order valence-corrected chi connectivity index (χ1v) is 23.6. The van der Waals surface area contributed by atoms with E-state index in [0.29, 0.717) is 28.1 Å². The van der Waals surface area contributed by atoms with Gasteiger partial charge in [-0.1, -0.05) is 207 Å². The smallest absolute Gasteiger partial charge is 0.811 e. The number of para-hydroxylation sites is 3. The summed E-state index contributed by atoms with van der Waals surface area (Å²) in [7, 11) is 0. The Kier molecular flexibility index (Phi) is 13.6. The van der Waals surface area contributed by atoms with Crippen LogP contribution in [0, 0.1) is 24.4 Å². The Morgan fingerprint density at radius 1 is 0.859 bits per heavy atom. The average Bonchev–Trinajstić information content (AvgIpc) is 4.01. The third-order valence-electron chi connectivity index (χ3n) is 12.1. The van der Waals surface area contributed by atoms with Gasteiger partial charge in [-0.15, -0.1) is 58.7 Å². The molecule has 0 aliphatic carbocycles. The molecule has 9 aromatic rings. The number of benzene rings is 7. The predicted molar refractivity (Wildman–Crippen MR) is 302 cm³/mol. The van der Waals surface area contributed by atoms with E-state index in [4.69, 9.17) is 19.0 Å². The van der Waals surface area contributed by atoms with Crippen molar-refractivity contribution in [2.75, 3.05) is 0 Å². The fraction of sp³-hybridized carbons (Fsp3) is 0.212. The van der Waals surface area contributed by atoms with Gasteiger partial charge in [0.2, 0.25) is 0 Å². The molecule has 2 heterocycles. The van der Waals surface area contributed by atoms with E-state index >= 15 is 0 Å². The van der Waals surface area contributed by atoms with Crippen LogP contribution in [0.1, 0.15) is 123 Å². The molecule has 4 nitrogen and oxygen atoms in total. The zero-order chi connectivity index (χ0) is 55.8. The minimum Gasteiger partial charge on any atom is -0.811 e. The molecule has 0 bridgehead atoms. The van der Waals surface area contributed by atoms with Gasteiger partial charge in [0.05, 0.1) is 16.9 Å². The summed E-state index contributed by atoms with van der Waals surface area (Å²) in [6.45, 7) is 18.8. The van der Waals surface area contributed by atoms with Crippen molar-refractivity contribution in [3.8, 4) is 17.1 Å². The Balaban J connectivity index is 0.000000224. The minimum atomic E-state index is -2.36. The van der Waals surface area contributed by atoms with Crippen LogP contribution >= 0.6 is 0 Å². The maximum atomic E-state index is 9.62. The maximum Gasteiger partial charge on any atom is 3.00 e. The van der Waals surface area contributed by atoms with Crippen LogP contribution < -0.4 is 0 Å². The third-order valence-corrected chi connectivity index (χ3v) is 12.1. The monoisotopic (exact) mass is 1110 g/mol. The molecule has 0 saturated heterocycles. The van der Waals surface area contributed by atoms with Crippen molar-refractivity contribution in [3.05, 3.63) is 227 Å². The number of hydrogen-bond donors (Lipinski definition) is 0. The van der Waals surface area contributed by atoms with Gasteiger partial charge in [0.25, 0.3) is 0 Å². The zero-order valence-electron chi connectivity index (χ0n) is 49.0. The van der Waals surface area contributed by atoms with Gasteiger partial charge in [-0.05, 0) is 81.4 Å². The van der Waals surface area contributed by atoms with E-state index in [0.717, 1.165) is 89.0 Å². The summed E-state index contributed by atoms with van der Waals surface area (Å²) in [5.41, 5.74) is 10.8. The second-order valence-electron chi connectivity index (χ2n) is 19.0. The summed E-state index contributed by atoms with van der Waals surface area (Å²) >= 11 is 0. The fourth-order valence-electron chi connectivity index (χ4n) is 8.84. The molecular formula is C66H64IrN3O. The Bertz CT molecular complexity index is 3800. The minimum absolute atomic E-state index is 0. The SMILES string of the molecule is [2H]C([2H])([2H])c1c[c-]c(-c2nc3ccccc3n2-c2c(C([2H])(C)C)cccc2C([2H])(C)C)cc1C(=C)/C=C\C=C/C.[2H]C([2H])(c1ccc(C(=C/C=[N-])/C=C(\C)c2[c-]ccc3c2oc2c4ccccc4ccc32)cc1)C(C)(C)C.[Ir+3]. The topological polar surface area (TPSA) is 53.3 Å². The number of nitrogens with zero attached hydrogens (tertiary/aromatic N) is 3. The summed E-state index contributed by atoms with van der Waals surface area (Å²) in [5, 5.41) is 13.9. The molecule has 0 N–H and O–H groups in total. The molecule has 358 valence electrons. The summed E-state index contributed by atoms with van der Waals surface area (Å²) in [6, 6.07) is 47.2. The molecule has 7 aromatic carbocycles. The second kappa shape index (κ2) is 22.4. The van der Waals surface area contributed by atoms with Crippen LogP contribution in [0.5, 0.6) is 0 Å². The quantitative estimate of drug-likeness (QED) is 0.0695. The van der Waals surface area contributed by atoms with Gasteiger partial charge in [-0.2, -0.15) is 6.21 Å². The van der Waals surface area contributed by atoms with E-state index in [2.05, 4.69) is 43.0 Å². The number of aryl methyl sites for hydroxylation is 1. The molecule has 9 rings (SSSR count). The molecule has 0 saturated carbocycles. The van der Waals surface area contributed by atoms with Gasteiger partial charge in [-0.3, -0.25) is 4.98 Å². The Morgan fingerprint density at radius 3 is 2.25 bits per heavy atom. The van der Waals surface area contributed by atoms with Crippen molar-refractivity contribution in [2.45, 2.75) is 87.3 Å². The molecule has 0 aliphatic rings. The number of allylic oxidation sites excluding steroid dienone is 9. The van der Waals surface area contributed by atoms with Crippen LogP contribution in [0.25, 0.3) is 82.9 Å². The molecule has 0 spiro atoms. The van der Waals surface area contributed by atoms with Crippen molar-refractivity contribution in [2.24, 2.45) is 5.41 Å². The Labute approximate surface area is 444 Å². The van der Waals surface area contributed by atoms with E-state index in [1.54, 1.807) is 18.2 Å². The molecule has 71 heavy (non-hydrogen) atoms. The van der Waals surface area contributed by atoms with E-state index in [9.17, 15) is 5.41 Å². The molecule has 0 fully saturated rings. The maximum absolute atomic E-state index is 9.62. The van der Waals surface area contributed by atoms with Crippen molar-refractivity contribution in [1.29, 1.82) is 0 Å². The van der Waals surface area contributed by atoms with Gasteiger partial charge >= 0.3 is 20.1 Å². The van der Waals surface area contributed by atoms with Gasteiger partial charge in [0.15, 0.2) is 0 Å².